The Hall–Kier alpha value is -9.30. The van der Waals surface area contributed by atoms with Crippen LogP contribution in [0.2, 0.25) is 0 Å². The zero-order valence-electron chi connectivity index (χ0n) is 39.3. The van der Waals surface area contributed by atoms with Crippen LogP contribution in [0.15, 0.2) is 261 Å². The summed E-state index contributed by atoms with van der Waals surface area (Å²) < 4.78 is 2.40. The quantitative estimate of drug-likeness (QED) is 0.155. The molecule has 1 heteroatoms. The molecule has 72 heavy (non-hydrogen) atoms. The normalized spacial score (nSPS) is 13.1. The zero-order chi connectivity index (χ0) is 47.1. The molecule has 0 radical (unpaired) electrons. The van der Waals surface area contributed by atoms with Gasteiger partial charge in [-0.1, -0.05) is 194 Å². The minimum absolute atomic E-state index is 0.424. The summed E-state index contributed by atoms with van der Waals surface area (Å²) in [4.78, 5) is 0. The van der Waals surface area contributed by atoms with Gasteiger partial charge < -0.3 is 4.57 Å². The van der Waals surface area contributed by atoms with Gasteiger partial charge in [0.1, 0.15) is 0 Å². The number of rotatable bonds is 4. The van der Waals surface area contributed by atoms with E-state index in [1.165, 1.54) is 148 Å². The van der Waals surface area contributed by atoms with E-state index >= 15 is 0 Å². The first-order valence-electron chi connectivity index (χ1n) is 25.2. The summed E-state index contributed by atoms with van der Waals surface area (Å²) >= 11 is 0. The molecule has 0 unspecified atom stereocenters. The third kappa shape index (κ3) is 5.37. The molecular weight excluding hydrogens is 867 g/mol. The van der Waals surface area contributed by atoms with Crippen molar-refractivity contribution in [2.75, 3.05) is 0 Å². The zero-order valence-corrected chi connectivity index (χ0v) is 39.3. The second-order valence-electron chi connectivity index (χ2n) is 19.9. The van der Waals surface area contributed by atoms with E-state index in [0.717, 1.165) is 0 Å². The molecule has 0 atom stereocenters. The second-order valence-corrected chi connectivity index (χ2v) is 19.9. The number of para-hydroxylation sites is 2. The van der Waals surface area contributed by atoms with Crippen molar-refractivity contribution in [3.8, 4) is 61.3 Å². The van der Waals surface area contributed by atoms with Crippen molar-refractivity contribution in [1.29, 1.82) is 0 Å². The molecule has 332 valence electrons. The van der Waals surface area contributed by atoms with Crippen LogP contribution in [0.25, 0.3) is 126 Å². The number of benzene rings is 13. The summed E-state index contributed by atoms with van der Waals surface area (Å²) in [6.07, 6.45) is 0. The first-order valence-corrected chi connectivity index (χ1v) is 25.2. The summed E-state index contributed by atoms with van der Waals surface area (Å²) in [5.74, 6) is 0. The lowest BCUT2D eigenvalue weighted by Gasteiger charge is -2.30. The van der Waals surface area contributed by atoms with E-state index in [9.17, 15) is 0 Å². The van der Waals surface area contributed by atoms with Crippen molar-refractivity contribution in [1.82, 2.24) is 4.57 Å². The molecule has 16 rings (SSSR count). The van der Waals surface area contributed by atoms with E-state index in [1.54, 1.807) is 0 Å². The fourth-order valence-electron chi connectivity index (χ4n) is 13.3. The summed E-state index contributed by atoms with van der Waals surface area (Å²) in [5.41, 5.74) is 21.3. The van der Waals surface area contributed by atoms with Gasteiger partial charge in [-0.2, -0.15) is 0 Å². The lowest BCUT2D eigenvalue weighted by molar-refractivity contribution is 0.796. The molecular formula is C71H43N. The van der Waals surface area contributed by atoms with Crippen molar-refractivity contribution >= 4 is 64.9 Å². The van der Waals surface area contributed by atoms with Gasteiger partial charge in [-0.15, -0.1) is 0 Å². The summed E-state index contributed by atoms with van der Waals surface area (Å²) in [7, 11) is 0. The summed E-state index contributed by atoms with van der Waals surface area (Å²) in [6, 6.07) is 98.0. The van der Waals surface area contributed by atoms with Gasteiger partial charge in [-0.05, 0) is 188 Å². The smallest absolute Gasteiger partial charge is 0.0725 e. The van der Waals surface area contributed by atoms with E-state index < -0.39 is 5.41 Å². The maximum absolute atomic E-state index is 2.53. The number of hydrogen-bond donors (Lipinski definition) is 0. The Bertz CT molecular complexity index is 4520. The molecule has 0 N–H and O–H groups in total. The van der Waals surface area contributed by atoms with Gasteiger partial charge >= 0.3 is 0 Å². The molecule has 2 aliphatic rings. The predicted octanol–water partition coefficient (Wildman–Crippen LogP) is 18.7. The lowest BCUT2D eigenvalue weighted by Crippen LogP contribution is -2.25. The standard InChI is InChI=1S/C71H43N/c1-2-21-52(22-3-1)72-67-32-15-12-25-55(67)62-41-50(35-36-68(62)72)70-58-28-8-6-26-56(58)69(57-27-7-9-29-59(57)70)49-20-16-19-44(37-49)47-33-34-48-40-61-60-39-45-17-4-5-18-46(45)42-65(60)71(66(61)43-51(48)38-47)63-30-13-10-23-53(63)54-24-11-14-31-64(54)71/h1-43H. The van der Waals surface area contributed by atoms with Crippen LogP contribution in [-0.2, 0) is 5.41 Å². The molecule has 1 heterocycles. The van der Waals surface area contributed by atoms with Gasteiger partial charge in [0, 0.05) is 16.5 Å². The molecule has 13 aromatic carbocycles. The van der Waals surface area contributed by atoms with Crippen LogP contribution in [-0.4, -0.2) is 4.57 Å². The fraction of sp³-hybridized carbons (Fsp3) is 0.0141. The molecule has 1 spiro atoms. The van der Waals surface area contributed by atoms with Crippen LogP contribution < -0.4 is 0 Å². The van der Waals surface area contributed by atoms with Gasteiger partial charge in [-0.3, -0.25) is 0 Å². The number of aromatic nitrogens is 1. The second kappa shape index (κ2) is 14.9. The van der Waals surface area contributed by atoms with Gasteiger partial charge in [0.2, 0.25) is 0 Å². The van der Waals surface area contributed by atoms with Gasteiger partial charge in [-0.25, -0.2) is 0 Å². The summed E-state index contributed by atoms with van der Waals surface area (Å²) in [5, 5.41) is 12.6. The van der Waals surface area contributed by atoms with Crippen LogP contribution in [0.5, 0.6) is 0 Å². The molecule has 0 bridgehead atoms. The Balaban J connectivity index is 0.866. The largest absolute Gasteiger partial charge is 0.309 e. The van der Waals surface area contributed by atoms with Crippen molar-refractivity contribution < 1.29 is 0 Å². The van der Waals surface area contributed by atoms with Crippen molar-refractivity contribution in [2.24, 2.45) is 0 Å². The Morgan fingerprint density at radius 1 is 0.236 bits per heavy atom. The van der Waals surface area contributed by atoms with Crippen molar-refractivity contribution in [3.05, 3.63) is 283 Å². The monoisotopic (exact) mass is 909 g/mol. The SMILES string of the molecule is c1ccc(-n2c3ccccc3c3cc(-c4c5ccccc5c(-c5cccc(-c6ccc7cc8c(cc7c6)C6(c7ccccc7-c7ccccc76)c6cc7ccccc7cc6-8)c5)c5ccccc45)ccc32)cc1. The first-order chi connectivity index (χ1) is 35.7. The average molecular weight is 910 g/mol. The Morgan fingerprint density at radius 2 is 0.708 bits per heavy atom. The van der Waals surface area contributed by atoms with Gasteiger partial charge in [0.15, 0.2) is 0 Å². The Kier molecular flexibility index (Phi) is 8.16. The van der Waals surface area contributed by atoms with Crippen molar-refractivity contribution in [3.63, 3.8) is 0 Å². The predicted molar refractivity (Wildman–Crippen MR) is 303 cm³/mol. The van der Waals surface area contributed by atoms with E-state index in [4.69, 9.17) is 0 Å². The van der Waals surface area contributed by atoms with Crippen LogP contribution in [0, 0.1) is 0 Å². The molecule has 2 aliphatic carbocycles. The highest BCUT2D eigenvalue weighted by atomic mass is 15.0. The Morgan fingerprint density at radius 3 is 1.38 bits per heavy atom. The molecule has 0 aliphatic heterocycles. The van der Waals surface area contributed by atoms with Gasteiger partial charge in [0.25, 0.3) is 0 Å². The van der Waals surface area contributed by atoms with E-state index in [2.05, 4.69) is 265 Å². The third-order valence-electron chi connectivity index (χ3n) is 16.3. The third-order valence-corrected chi connectivity index (χ3v) is 16.3. The van der Waals surface area contributed by atoms with Crippen LogP contribution in [0.1, 0.15) is 22.3 Å². The lowest BCUT2D eigenvalue weighted by atomic mass is 9.70. The highest BCUT2D eigenvalue weighted by molar-refractivity contribution is 6.22. The van der Waals surface area contributed by atoms with E-state index in [1.807, 2.05) is 0 Å². The van der Waals surface area contributed by atoms with Gasteiger partial charge in [0.05, 0.1) is 16.4 Å². The van der Waals surface area contributed by atoms with Crippen LogP contribution >= 0.6 is 0 Å². The number of hydrogen-bond acceptors (Lipinski definition) is 0. The molecule has 0 saturated heterocycles. The highest BCUT2D eigenvalue weighted by Gasteiger charge is 2.51. The first kappa shape index (κ1) is 39.5. The van der Waals surface area contributed by atoms with Crippen LogP contribution in [0.4, 0.5) is 0 Å². The number of nitrogens with zero attached hydrogens (tertiary/aromatic N) is 1. The highest BCUT2D eigenvalue weighted by Crippen LogP contribution is 2.63. The minimum atomic E-state index is -0.424. The maximum atomic E-state index is 2.53. The van der Waals surface area contributed by atoms with Crippen molar-refractivity contribution in [2.45, 2.75) is 5.41 Å². The maximum Gasteiger partial charge on any atom is 0.0725 e. The minimum Gasteiger partial charge on any atom is -0.309 e. The molecule has 1 aromatic heterocycles. The molecule has 14 aromatic rings. The van der Waals surface area contributed by atoms with Crippen LogP contribution in [0.3, 0.4) is 0 Å². The topological polar surface area (TPSA) is 4.93 Å². The van der Waals surface area contributed by atoms with E-state index in [-0.39, 0.29) is 0 Å². The van der Waals surface area contributed by atoms with E-state index in [0.29, 0.717) is 0 Å². The summed E-state index contributed by atoms with van der Waals surface area (Å²) in [6.45, 7) is 0. The number of fused-ring (bicyclic) bond motifs is 17. The Labute approximate surface area is 417 Å². The molecule has 1 nitrogen and oxygen atoms in total. The molecule has 0 fully saturated rings. The molecule has 0 amide bonds. The fourth-order valence-corrected chi connectivity index (χ4v) is 13.3. The average Bonchev–Trinajstić information content (AvgIpc) is 4.04. The molecule has 0 saturated carbocycles.